The third-order valence-electron chi connectivity index (χ3n) is 4.31. The van der Waals surface area contributed by atoms with Crippen LogP contribution >= 0.6 is 0 Å². The number of rotatable bonds is 8. The van der Waals surface area contributed by atoms with Crippen molar-refractivity contribution in [3.8, 4) is 11.5 Å². The lowest BCUT2D eigenvalue weighted by molar-refractivity contribution is -0.385. The Hall–Kier alpha value is -2.49. The van der Waals surface area contributed by atoms with Gasteiger partial charge in [-0.2, -0.15) is 0 Å². The number of nitrogens with zero attached hydrogens (tertiary/aromatic N) is 1. The monoisotopic (exact) mass is 393 g/mol. The van der Waals surface area contributed by atoms with E-state index in [4.69, 9.17) is 31.5 Å². The van der Waals surface area contributed by atoms with Crippen LogP contribution in [0.25, 0.3) is 0 Å². The van der Waals surface area contributed by atoms with Gasteiger partial charge < -0.3 is 23.7 Å². The Morgan fingerprint density at radius 1 is 1.32 bits per heavy atom. The molecule has 1 aromatic rings. The summed E-state index contributed by atoms with van der Waals surface area (Å²) in [5.41, 5.74) is -0.105. The van der Waals surface area contributed by atoms with Crippen molar-refractivity contribution in [3.05, 3.63) is 27.8 Å². The minimum Gasteiger partial charge on any atom is -0.493 e. The van der Waals surface area contributed by atoms with Gasteiger partial charge in [-0.15, -0.1) is 0 Å². The first-order valence-corrected chi connectivity index (χ1v) is 8.88. The maximum absolute atomic E-state index is 12.1. The minimum atomic E-state index is -0.944. The second-order valence-corrected chi connectivity index (χ2v) is 6.87. The maximum Gasteiger partial charge on any atom is 0.508 e. The van der Waals surface area contributed by atoms with Gasteiger partial charge in [0.2, 0.25) is 0 Å². The van der Waals surface area contributed by atoms with Gasteiger partial charge in [0.1, 0.15) is 20.6 Å². The number of carbonyl (C=O) groups is 1. The average Bonchev–Trinajstić information content (AvgIpc) is 2.96. The molecule has 0 aromatic heterocycles. The van der Waals surface area contributed by atoms with E-state index in [1.165, 1.54) is 26.4 Å². The Morgan fingerprint density at radius 3 is 2.54 bits per heavy atom. The lowest BCUT2D eigenvalue weighted by Crippen LogP contribution is -2.28. The Kier molecular flexibility index (Phi) is 7.50. The van der Waals surface area contributed by atoms with E-state index in [9.17, 15) is 14.9 Å². The van der Waals surface area contributed by atoms with Gasteiger partial charge in [0, 0.05) is 12.4 Å². The zero-order chi connectivity index (χ0) is 20.8. The molecule has 1 aliphatic rings. The number of nitro benzene ring substituents is 1. The SMILES string of the molecule is [B]C1CC(OC(=O)OCc2cc(OC)c(OC)cc2[N+](=O)[O-])C(CC(C)C)O1. The summed E-state index contributed by atoms with van der Waals surface area (Å²) in [7, 11) is 8.57. The summed E-state index contributed by atoms with van der Waals surface area (Å²) in [6.45, 7) is 3.70. The highest BCUT2D eigenvalue weighted by Gasteiger charge is 2.36. The van der Waals surface area contributed by atoms with Gasteiger partial charge in [-0.3, -0.25) is 10.1 Å². The Morgan fingerprint density at radius 2 is 1.96 bits per heavy atom. The smallest absolute Gasteiger partial charge is 0.493 e. The largest absolute Gasteiger partial charge is 0.508 e. The Labute approximate surface area is 164 Å². The maximum atomic E-state index is 12.1. The molecule has 0 amide bonds. The van der Waals surface area contributed by atoms with Crippen molar-refractivity contribution < 1.29 is 33.4 Å². The number of ether oxygens (including phenoxy) is 5. The van der Waals surface area contributed by atoms with Gasteiger partial charge >= 0.3 is 6.16 Å². The first-order valence-electron chi connectivity index (χ1n) is 8.88. The topological polar surface area (TPSA) is 106 Å². The van der Waals surface area contributed by atoms with Gasteiger partial charge in [-0.05, 0) is 18.4 Å². The molecular weight excluding hydrogens is 369 g/mol. The predicted molar refractivity (Wildman–Crippen MR) is 99.7 cm³/mol. The number of hydrogen-bond donors (Lipinski definition) is 0. The van der Waals surface area contributed by atoms with Crippen LogP contribution in [0, 0.1) is 16.0 Å². The predicted octanol–water partition coefficient (Wildman–Crippen LogP) is 2.96. The van der Waals surface area contributed by atoms with Crippen molar-refractivity contribution in [2.24, 2.45) is 5.92 Å². The molecule has 10 heteroatoms. The molecule has 9 nitrogen and oxygen atoms in total. The van der Waals surface area contributed by atoms with Crippen molar-refractivity contribution in [2.75, 3.05) is 14.2 Å². The van der Waals surface area contributed by atoms with Crippen molar-refractivity contribution in [1.82, 2.24) is 0 Å². The fourth-order valence-corrected chi connectivity index (χ4v) is 3.03. The zero-order valence-electron chi connectivity index (χ0n) is 16.4. The number of methoxy groups -OCH3 is 2. The summed E-state index contributed by atoms with van der Waals surface area (Å²) >= 11 is 0. The highest BCUT2D eigenvalue weighted by Crippen LogP contribution is 2.35. The van der Waals surface area contributed by atoms with E-state index in [0.717, 1.165) is 0 Å². The number of benzene rings is 1. The number of hydrogen-bond acceptors (Lipinski definition) is 8. The molecule has 0 bridgehead atoms. The third kappa shape index (κ3) is 5.51. The summed E-state index contributed by atoms with van der Waals surface area (Å²) in [6, 6.07) is 2.10. The Bertz CT molecular complexity index is 711. The second kappa shape index (κ2) is 9.63. The number of carbonyl (C=O) groups excluding carboxylic acids is 1. The van der Waals surface area contributed by atoms with E-state index in [0.29, 0.717) is 18.8 Å². The number of nitro groups is 1. The summed E-state index contributed by atoms with van der Waals surface area (Å²) in [4.78, 5) is 22.8. The van der Waals surface area contributed by atoms with Crippen LogP contribution in [0.4, 0.5) is 10.5 Å². The van der Waals surface area contributed by atoms with Crippen molar-refractivity contribution in [1.29, 1.82) is 0 Å². The summed E-state index contributed by atoms with van der Waals surface area (Å²) in [5, 5.41) is 11.3. The van der Waals surface area contributed by atoms with Crippen LogP contribution in [0.2, 0.25) is 0 Å². The van der Waals surface area contributed by atoms with Crippen LogP contribution in [0.15, 0.2) is 12.1 Å². The van der Waals surface area contributed by atoms with Crippen LogP contribution in [0.3, 0.4) is 0 Å². The second-order valence-electron chi connectivity index (χ2n) is 6.87. The van der Waals surface area contributed by atoms with Crippen molar-refractivity contribution >= 4 is 19.7 Å². The highest BCUT2D eigenvalue weighted by atomic mass is 16.7. The molecule has 1 saturated heterocycles. The van der Waals surface area contributed by atoms with Crippen LogP contribution in [-0.2, 0) is 20.8 Å². The first-order chi connectivity index (χ1) is 13.2. The van der Waals surface area contributed by atoms with Gasteiger partial charge in [0.15, 0.2) is 11.5 Å². The minimum absolute atomic E-state index is 0.151. The summed E-state index contributed by atoms with van der Waals surface area (Å²) in [5.74, 6) is 0.827. The standard InChI is InChI=1S/C18H24BNO8/c1-10(2)5-15-16(8-17(19)27-15)28-18(21)26-9-11-6-13(24-3)14(25-4)7-12(11)20(22)23/h6-7,10,15-17H,5,8-9H2,1-4H3. The molecule has 0 aliphatic carbocycles. The zero-order valence-corrected chi connectivity index (χ0v) is 16.4. The van der Waals surface area contributed by atoms with Crippen LogP contribution in [0.5, 0.6) is 11.5 Å². The van der Waals surface area contributed by atoms with Gasteiger partial charge in [0.25, 0.3) is 5.69 Å². The normalized spacial score (nSPS) is 21.4. The van der Waals surface area contributed by atoms with E-state index in [2.05, 4.69) is 0 Å². The van der Waals surface area contributed by atoms with E-state index in [1.807, 2.05) is 13.8 Å². The molecule has 3 unspecified atom stereocenters. The molecule has 152 valence electrons. The van der Waals surface area contributed by atoms with E-state index in [-0.39, 0.29) is 35.5 Å². The van der Waals surface area contributed by atoms with Crippen LogP contribution in [-0.4, -0.2) is 51.4 Å². The molecule has 1 fully saturated rings. The van der Waals surface area contributed by atoms with E-state index >= 15 is 0 Å². The molecule has 28 heavy (non-hydrogen) atoms. The molecular formula is C18H24BNO8. The quantitative estimate of drug-likeness (QED) is 0.287. The molecule has 2 radical (unpaired) electrons. The third-order valence-corrected chi connectivity index (χ3v) is 4.31. The van der Waals surface area contributed by atoms with Crippen molar-refractivity contribution in [2.45, 2.75) is 51.5 Å². The molecule has 0 spiro atoms. The molecule has 2 rings (SSSR count). The fourth-order valence-electron chi connectivity index (χ4n) is 3.03. The lowest BCUT2D eigenvalue weighted by atomic mass is 9.94. The molecule has 3 atom stereocenters. The van der Waals surface area contributed by atoms with E-state index in [1.54, 1.807) is 0 Å². The highest BCUT2D eigenvalue weighted by molar-refractivity contribution is 6.11. The molecule has 0 N–H and O–H groups in total. The van der Waals surface area contributed by atoms with E-state index < -0.39 is 23.2 Å². The summed E-state index contributed by atoms with van der Waals surface area (Å²) in [6.07, 6.45) is -0.723. The van der Waals surface area contributed by atoms with Crippen LogP contribution < -0.4 is 9.47 Å². The van der Waals surface area contributed by atoms with Gasteiger partial charge in [0.05, 0.1) is 36.9 Å². The first kappa shape index (κ1) is 21.8. The molecule has 1 aromatic carbocycles. The lowest BCUT2D eigenvalue weighted by Gasteiger charge is -2.20. The molecule has 1 aliphatic heterocycles. The molecule has 0 saturated carbocycles. The van der Waals surface area contributed by atoms with Gasteiger partial charge in [-0.1, -0.05) is 13.8 Å². The fraction of sp³-hybridized carbons (Fsp3) is 0.611. The van der Waals surface area contributed by atoms with Crippen molar-refractivity contribution in [3.63, 3.8) is 0 Å². The Balaban J connectivity index is 2.04. The van der Waals surface area contributed by atoms with Crippen LogP contribution in [0.1, 0.15) is 32.3 Å². The molecule has 1 heterocycles. The summed E-state index contributed by atoms with van der Waals surface area (Å²) < 4.78 is 26.2. The van der Waals surface area contributed by atoms with Gasteiger partial charge in [-0.25, -0.2) is 4.79 Å². The average molecular weight is 393 g/mol.